The van der Waals surface area contributed by atoms with Crippen LogP contribution in [0.25, 0.3) is 0 Å². The van der Waals surface area contributed by atoms with Crippen molar-refractivity contribution in [2.24, 2.45) is 0 Å². The first-order valence-corrected chi connectivity index (χ1v) is 16.8. The average molecular weight is 605 g/mol. The van der Waals surface area contributed by atoms with Gasteiger partial charge in [0.2, 0.25) is 5.79 Å². The van der Waals surface area contributed by atoms with Gasteiger partial charge < -0.3 is 33.3 Å². The average Bonchev–Trinajstić information content (AvgIpc) is 3.41. The Bertz CT molecular complexity index is 953. The third-order valence-corrected chi connectivity index (χ3v) is 8.72. The van der Waals surface area contributed by atoms with Crippen molar-refractivity contribution in [2.45, 2.75) is 134 Å². The van der Waals surface area contributed by atoms with Gasteiger partial charge >= 0.3 is 6.09 Å². The van der Waals surface area contributed by atoms with E-state index in [1.165, 1.54) is 57.8 Å². The zero-order chi connectivity index (χ0) is 30.5. The maximum Gasteiger partial charge on any atom is 0.412 e. The van der Waals surface area contributed by atoms with Crippen LogP contribution in [-0.2, 0) is 23.7 Å². The third-order valence-electron chi connectivity index (χ3n) is 8.72. The molecule has 3 heterocycles. The molecule has 4 atom stereocenters. The van der Waals surface area contributed by atoms with Crippen LogP contribution in [0.2, 0.25) is 0 Å². The highest BCUT2D eigenvalue weighted by Gasteiger charge is 2.66. The van der Waals surface area contributed by atoms with Gasteiger partial charge in [-0.15, -0.1) is 0 Å². The highest BCUT2D eigenvalue weighted by atomic mass is 16.9. The lowest BCUT2D eigenvalue weighted by Crippen LogP contribution is -2.46. The fourth-order valence-corrected chi connectivity index (χ4v) is 6.52. The molecular weight excluding hydrogens is 548 g/mol. The largest absolute Gasteiger partial charge is 0.497 e. The number of fused-ring (bicyclic) bond motifs is 1. The molecule has 1 aromatic carbocycles. The third kappa shape index (κ3) is 10.3. The SMILES string of the molecule is CCCCCCCCCCOC[C@@]12O[C@@H](CCCN3CCCCC3)[C@@H](OC(=O)Nc3ccc(OC)cc3)[C@@H]1OC(C)(C)O2. The van der Waals surface area contributed by atoms with Gasteiger partial charge in [0.1, 0.15) is 18.5 Å². The van der Waals surface area contributed by atoms with Crippen LogP contribution in [-0.4, -0.2) is 80.8 Å². The predicted molar refractivity (Wildman–Crippen MR) is 167 cm³/mol. The summed E-state index contributed by atoms with van der Waals surface area (Å²) in [5, 5.41) is 2.84. The van der Waals surface area contributed by atoms with E-state index in [0.29, 0.717) is 18.0 Å². The zero-order valence-corrected chi connectivity index (χ0v) is 27.1. The molecule has 4 rings (SSSR count). The summed E-state index contributed by atoms with van der Waals surface area (Å²) in [7, 11) is 1.61. The van der Waals surface area contributed by atoms with Gasteiger partial charge in [-0.2, -0.15) is 0 Å². The van der Waals surface area contributed by atoms with E-state index in [4.69, 9.17) is 28.4 Å². The molecule has 0 spiro atoms. The number of nitrogens with zero attached hydrogens (tertiary/aromatic N) is 1. The molecule has 244 valence electrons. The van der Waals surface area contributed by atoms with Crippen LogP contribution in [0.4, 0.5) is 10.5 Å². The number of piperidine rings is 1. The van der Waals surface area contributed by atoms with Crippen molar-refractivity contribution in [3.8, 4) is 5.75 Å². The topological polar surface area (TPSA) is 87.7 Å². The van der Waals surface area contributed by atoms with E-state index in [2.05, 4.69) is 17.1 Å². The molecule has 9 nitrogen and oxygen atoms in total. The van der Waals surface area contributed by atoms with Crippen LogP contribution < -0.4 is 10.1 Å². The summed E-state index contributed by atoms with van der Waals surface area (Å²) < 4.78 is 36.9. The van der Waals surface area contributed by atoms with Gasteiger partial charge in [-0.25, -0.2) is 4.79 Å². The van der Waals surface area contributed by atoms with Crippen molar-refractivity contribution < 1.29 is 33.2 Å². The second-order valence-electron chi connectivity index (χ2n) is 12.8. The summed E-state index contributed by atoms with van der Waals surface area (Å²) in [6, 6.07) is 7.15. The number of amides is 1. The molecule has 0 unspecified atom stereocenters. The Morgan fingerprint density at radius 3 is 2.35 bits per heavy atom. The molecule has 3 aliphatic rings. The number of anilines is 1. The normalized spacial score (nSPS) is 26.7. The molecule has 0 aromatic heterocycles. The minimum absolute atomic E-state index is 0.236. The van der Waals surface area contributed by atoms with Crippen molar-refractivity contribution in [1.82, 2.24) is 4.90 Å². The van der Waals surface area contributed by atoms with Gasteiger partial charge in [0.25, 0.3) is 0 Å². The number of methoxy groups -OCH3 is 1. The molecule has 9 heteroatoms. The van der Waals surface area contributed by atoms with E-state index in [1.807, 2.05) is 13.8 Å². The fraction of sp³-hybridized carbons (Fsp3) is 0.794. The Kier molecular flexibility index (Phi) is 13.4. The van der Waals surface area contributed by atoms with Crippen LogP contribution in [0, 0.1) is 0 Å². The molecule has 3 saturated heterocycles. The highest BCUT2D eigenvalue weighted by molar-refractivity contribution is 5.84. The Hall–Kier alpha value is -1.91. The number of hydrogen-bond donors (Lipinski definition) is 1. The number of likely N-dealkylation sites (tertiary alicyclic amines) is 1. The van der Waals surface area contributed by atoms with Crippen LogP contribution in [0.1, 0.15) is 104 Å². The van der Waals surface area contributed by atoms with Crippen molar-refractivity contribution in [3.05, 3.63) is 24.3 Å². The maximum atomic E-state index is 13.1. The first kappa shape index (κ1) is 34.0. The number of carbonyl (C=O) groups excluding carboxylic acids is 1. The van der Waals surface area contributed by atoms with E-state index >= 15 is 0 Å². The maximum absolute atomic E-state index is 13.1. The number of benzene rings is 1. The summed E-state index contributed by atoms with van der Waals surface area (Å²) in [5.41, 5.74) is 0.621. The molecule has 0 saturated carbocycles. The lowest BCUT2D eigenvalue weighted by atomic mass is 10.0. The molecule has 0 bridgehead atoms. The standard InChI is InChI=1S/C34H56N2O7/c1-5-6-7-8-9-10-11-15-25-39-26-34-31(42-33(2,3)43-34)30(29(41-34)17-16-24-36-22-13-12-14-23-36)40-32(37)35-27-18-20-28(38-4)21-19-27/h18-21,29-31H,5-17,22-26H2,1-4H3,(H,35,37)/t29-,30+,31-,34-/m0/s1. The molecule has 1 aromatic rings. The van der Waals surface area contributed by atoms with Crippen molar-refractivity contribution in [1.29, 1.82) is 0 Å². The molecule has 3 aliphatic heterocycles. The van der Waals surface area contributed by atoms with Gasteiger partial charge in [0.05, 0.1) is 7.11 Å². The molecule has 1 N–H and O–H groups in total. The lowest BCUT2D eigenvalue weighted by molar-refractivity contribution is -0.278. The molecule has 43 heavy (non-hydrogen) atoms. The van der Waals surface area contributed by atoms with Gasteiger partial charge in [-0.3, -0.25) is 5.32 Å². The predicted octanol–water partition coefficient (Wildman–Crippen LogP) is 7.28. The highest BCUT2D eigenvalue weighted by Crippen LogP contribution is 2.47. The number of nitrogens with one attached hydrogen (secondary N) is 1. The number of carbonyl (C=O) groups is 1. The Labute approximate surface area is 259 Å². The molecule has 0 radical (unpaired) electrons. The van der Waals surface area contributed by atoms with Crippen LogP contribution in [0.15, 0.2) is 24.3 Å². The first-order chi connectivity index (χ1) is 20.8. The Morgan fingerprint density at radius 2 is 1.65 bits per heavy atom. The monoisotopic (exact) mass is 604 g/mol. The second kappa shape index (κ2) is 17.0. The summed E-state index contributed by atoms with van der Waals surface area (Å²) >= 11 is 0. The van der Waals surface area contributed by atoms with E-state index in [0.717, 1.165) is 45.3 Å². The van der Waals surface area contributed by atoms with Gasteiger partial charge in [-0.1, -0.05) is 58.3 Å². The summed E-state index contributed by atoms with van der Waals surface area (Å²) in [6.45, 7) is 10.2. The summed E-state index contributed by atoms with van der Waals surface area (Å²) in [4.78, 5) is 15.6. The number of hydrogen-bond acceptors (Lipinski definition) is 8. The smallest absolute Gasteiger partial charge is 0.412 e. The summed E-state index contributed by atoms with van der Waals surface area (Å²) in [6.07, 6.45) is 13.3. The minimum Gasteiger partial charge on any atom is -0.497 e. The quantitative estimate of drug-likeness (QED) is 0.175. The van der Waals surface area contributed by atoms with E-state index < -0.39 is 29.9 Å². The van der Waals surface area contributed by atoms with Crippen molar-refractivity contribution >= 4 is 11.8 Å². The van der Waals surface area contributed by atoms with E-state index in [1.54, 1.807) is 31.4 Å². The molecule has 0 aliphatic carbocycles. The number of unbranched alkanes of at least 4 members (excludes halogenated alkanes) is 7. The second-order valence-corrected chi connectivity index (χ2v) is 12.8. The Morgan fingerprint density at radius 1 is 0.953 bits per heavy atom. The minimum atomic E-state index is -1.12. The van der Waals surface area contributed by atoms with Crippen molar-refractivity contribution in [2.75, 3.05) is 45.3 Å². The van der Waals surface area contributed by atoms with Gasteiger partial charge in [0.15, 0.2) is 18.0 Å². The van der Waals surface area contributed by atoms with E-state index in [-0.39, 0.29) is 12.7 Å². The first-order valence-electron chi connectivity index (χ1n) is 16.8. The number of ether oxygens (including phenoxy) is 6. The van der Waals surface area contributed by atoms with Crippen LogP contribution >= 0.6 is 0 Å². The molecule has 3 fully saturated rings. The van der Waals surface area contributed by atoms with Crippen LogP contribution in [0.5, 0.6) is 5.75 Å². The molecule has 1 amide bonds. The summed E-state index contributed by atoms with van der Waals surface area (Å²) in [5.74, 6) is -1.29. The van der Waals surface area contributed by atoms with Gasteiger partial charge in [-0.05, 0) is 89.9 Å². The lowest BCUT2D eigenvalue weighted by Gasteiger charge is -2.29. The van der Waals surface area contributed by atoms with Gasteiger partial charge in [0, 0.05) is 12.3 Å². The van der Waals surface area contributed by atoms with Crippen molar-refractivity contribution in [3.63, 3.8) is 0 Å². The Balaban J connectivity index is 1.35. The zero-order valence-electron chi connectivity index (χ0n) is 27.1. The van der Waals surface area contributed by atoms with Crippen LogP contribution in [0.3, 0.4) is 0 Å². The molecular formula is C34H56N2O7. The van der Waals surface area contributed by atoms with E-state index in [9.17, 15) is 4.79 Å². The fourth-order valence-electron chi connectivity index (χ4n) is 6.52. The number of rotatable bonds is 18.